The molecule has 0 spiro atoms. The fraction of sp³-hybridized carbons (Fsp3) is 0.391. The standard InChI is InChI=1S/C23H23Cl2F4N3O3/c1-31(10-13-2-4-16(19(26)8-13)23(27,28)29)20-12-32(22(34)35-7-6-21(30)33)11-15(20)14-3-5-17(24)18(25)9-14/h2-5,8-9,15,20H,6-7,10-12H2,1H3,(H2,30,33)/t15-,20-/m1/s1. The van der Waals surface area contributed by atoms with Gasteiger partial charge in [0, 0.05) is 31.6 Å². The monoisotopic (exact) mass is 535 g/mol. The molecule has 1 aliphatic rings. The zero-order chi connectivity index (χ0) is 25.9. The number of amides is 2. The number of rotatable bonds is 7. The summed E-state index contributed by atoms with van der Waals surface area (Å²) >= 11 is 12.2. The van der Waals surface area contributed by atoms with Crippen LogP contribution < -0.4 is 5.73 Å². The Hall–Kier alpha value is -2.56. The van der Waals surface area contributed by atoms with Crippen molar-refractivity contribution >= 4 is 35.2 Å². The fourth-order valence-electron chi connectivity index (χ4n) is 4.08. The zero-order valence-electron chi connectivity index (χ0n) is 18.6. The van der Waals surface area contributed by atoms with E-state index in [1.165, 1.54) is 11.0 Å². The summed E-state index contributed by atoms with van der Waals surface area (Å²) in [6.07, 6.45) is -5.53. The van der Waals surface area contributed by atoms with Crippen LogP contribution in [0.5, 0.6) is 0 Å². The van der Waals surface area contributed by atoms with Crippen LogP contribution in [-0.4, -0.2) is 54.6 Å². The molecular weight excluding hydrogens is 513 g/mol. The third-order valence-electron chi connectivity index (χ3n) is 5.83. The van der Waals surface area contributed by atoms with Gasteiger partial charge in [-0.2, -0.15) is 13.2 Å². The Labute approximate surface area is 209 Å². The van der Waals surface area contributed by atoms with Gasteiger partial charge in [0.25, 0.3) is 0 Å². The molecule has 3 rings (SSSR count). The number of benzene rings is 2. The second kappa shape index (κ2) is 11.0. The van der Waals surface area contributed by atoms with Crippen molar-refractivity contribution in [2.24, 2.45) is 5.73 Å². The second-order valence-corrected chi connectivity index (χ2v) is 9.12. The molecule has 190 valence electrons. The molecule has 2 N–H and O–H groups in total. The average molecular weight is 536 g/mol. The summed E-state index contributed by atoms with van der Waals surface area (Å²) in [4.78, 5) is 26.8. The molecule has 0 radical (unpaired) electrons. The van der Waals surface area contributed by atoms with E-state index in [0.29, 0.717) is 21.7 Å². The first kappa shape index (κ1) is 27.0. The van der Waals surface area contributed by atoms with Crippen LogP contribution in [0.15, 0.2) is 36.4 Å². The second-order valence-electron chi connectivity index (χ2n) is 8.31. The van der Waals surface area contributed by atoms with Gasteiger partial charge in [0.05, 0.1) is 22.0 Å². The lowest BCUT2D eigenvalue weighted by molar-refractivity contribution is -0.140. The number of carbonyl (C=O) groups is 2. The molecule has 6 nitrogen and oxygen atoms in total. The molecule has 2 aromatic rings. The Balaban J connectivity index is 1.81. The maximum atomic E-state index is 14.1. The van der Waals surface area contributed by atoms with E-state index in [9.17, 15) is 27.2 Å². The third kappa shape index (κ3) is 6.77. The summed E-state index contributed by atoms with van der Waals surface area (Å²) in [7, 11) is 1.73. The van der Waals surface area contributed by atoms with E-state index in [1.807, 2.05) is 4.90 Å². The highest BCUT2D eigenvalue weighted by molar-refractivity contribution is 6.42. The first-order valence-corrected chi connectivity index (χ1v) is 11.3. The molecule has 0 saturated carbocycles. The summed E-state index contributed by atoms with van der Waals surface area (Å²) < 4.78 is 57.9. The van der Waals surface area contributed by atoms with Crippen molar-refractivity contribution < 1.29 is 31.9 Å². The van der Waals surface area contributed by atoms with Crippen molar-refractivity contribution in [3.05, 3.63) is 69.0 Å². The summed E-state index contributed by atoms with van der Waals surface area (Å²) in [5, 5.41) is 0.694. The van der Waals surface area contributed by atoms with Crippen molar-refractivity contribution in [1.82, 2.24) is 9.80 Å². The molecule has 0 aromatic heterocycles. The smallest absolute Gasteiger partial charge is 0.419 e. The van der Waals surface area contributed by atoms with Gasteiger partial charge in [-0.3, -0.25) is 9.69 Å². The van der Waals surface area contributed by atoms with Crippen molar-refractivity contribution in [2.45, 2.75) is 31.1 Å². The van der Waals surface area contributed by atoms with Crippen LogP contribution >= 0.6 is 23.2 Å². The van der Waals surface area contributed by atoms with E-state index in [1.54, 1.807) is 25.2 Å². The van der Waals surface area contributed by atoms with Gasteiger partial charge in [0.1, 0.15) is 12.4 Å². The predicted octanol–water partition coefficient (Wildman–Crippen LogP) is 5.06. The summed E-state index contributed by atoms with van der Waals surface area (Å²) in [5.41, 5.74) is 4.88. The molecule has 1 aliphatic heterocycles. The normalized spacial score (nSPS) is 18.2. The topological polar surface area (TPSA) is 75.9 Å². The SMILES string of the molecule is CN(Cc1ccc(C(F)(F)F)c(F)c1)[C@@H]1CN(C(=O)OCCC(N)=O)C[C@@H]1c1ccc(Cl)c(Cl)c1. The maximum Gasteiger partial charge on any atom is 0.419 e. The van der Waals surface area contributed by atoms with Gasteiger partial charge >= 0.3 is 12.3 Å². The molecular formula is C23H23Cl2F4N3O3. The Morgan fingerprint density at radius 2 is 1.86 bits per heavy atom. The molecule has 0 aliphatic carbocycles. The van der Waals surface area contributed by atoms with Crippen LogP contribution in [0.2, 0.25) is 10.0 Å². The van der Waals surface area contributed by atoms with Gasteiger partial charge in [0.2, 0.25) is 5.91 Å². The number of likely N-dealkylation sites (tertiary alicyclic amines) is 1. The highest BCUT2D eigenvalue weighted by Gasteiger charge is 2.39. The van der Waals surface area contributed by atoms with Crippen molar-refractivity contribution in [2.75, 3.05) is 26.7 Å². The van der Waals surface area contributed by atoms with Crippen LogP contribution in [0.4, 0.5) is 22.4 Å². The van der Waals surface area contributed by atoms with Gasteiger partial charge < -0.3 is 15.4 Å². The van der Waals surface area contributed by atoms with Crippen molar-refractivity contribution in [1.29, 1.82) is 0 Å². The van der Waals surface area contributed by atoms with Crippen LogP contribution in [0.3, 0.4) is 0 Å². The number of ether oxygens (including phenoxy) is 1. The number of nitrogens with zero attached hydrogens (tertiary/aromatic N) is 2. The minimum absolute atomic E-state index is 0.112. The number of hydrogen-bond donors (Lipinski definition) is 1. The minimum Gasteiger partial charge on any atom is -0.449 e. The summed E-state index contributed by atoms with van der Waals surface area (Å²) in [5.74, 6) is -2.21. The number of nitrogens with two attached hydrogens (primary N) is 1. The van der Waals surface area contributed by atoms with Crippen molar-refractivity contribution in [3.8, 4) is 0 Å². The first-order chi connectivity index (χ1) is 16.4. The quantitative estimate of drug-likeness (QED) is 0.502. The number of alkyl halides is 3. The van der Waals surface area contributed by atoms with E-state index in [4.69, 9.17) is 33.7 Å². The fourth-order valence-corrected chi connectivity index (χ4v) is 4.38. The predicted molar refractivity (Wildman–Crippen MR) is 123 cm³/mol. The Morgan fingerprint density at radius 1 is 1.14 bits per heavy atom. The summed E-state index contributed by atoms with van der Waals surface area (Å²) in [6, 6.07) is 7.59. The summed E-state index contributed by atoms with van der Waals surface area (Å²) in [6.45, 7) is 0.444. The Kier molecular flexibility index (Phi) is 8.50. The number of carbonyl (C=O) groups excluding carboxylic acids is 2. The maximum absolute atomic E-state index is 14.1. The van der Waals surface area contributed by atoms with Gasteiger partial charge in [-0.15, -0.1) is 0 Å². The van der Waals surface area contributed by atoms with E-state index in [-0.39, 0.29) is 44.6 Å². The molecule has 1 fully saturated rings. The first-order valence-electron chi connectivity index (χ1n) is 10.6. The lowest BCUT2D eigenvalue weighted by Gasteiger charge is -2.29. The highest BCUT2D eigenvalue weighted by Crippen LogP contribution is 2.36. The van der Waals surface area contributed by atoms with Gasteiger partial charge in [0.15, 0.2) is 0 Å². The molecule has 12 heteroatoms. The zero-order valence-corrected chi connectivity index (χ0v) is 20.1. The van der Waals surface area contributed by atoms with Crippen molar-refractivity contribution in [3.63, 3.8) is 0 Å². The highest BCUT2D eigenvalue weighted by atomic mass is 35.5. The van der Waals surface area contributed by atoms with Gasteiger partial charge in [-0.25, -0.2) is 9.18 Å². The van der Waals surface area contributed by atoms with Gasteiger partial charge in [-0.1, -0.05) is 35.3 Å². The molecule has 0 unspecified atom stereocenters. The number of likely N-dealkylation sites (N-methyl/N-ethyl adjacent to an activating group) is 1. The molecule has 1 saturated heterocycles. The van der Waals surface area contributed by atoms with Gasteiger partial charge in [-0.05, 0) is 42.4 Å². The Morgan fingerprint density at radius 3 is 2.46 bits per heavy atom. The Bertz CT molecular complexity index is 1100. The molecule has 1 heterocycles. The van der Waals surface area contributed by atoms with Crippen LogP contribution in [0, 0.1) is 5.82 Å². The van der Waals surface area contributed by atoms with E-state index < -0.39 is 29.6 Å². The molecule has 0 bridgehead atoms. The number of primary amides is 1. The number of hydrogen-bond acceptors (Lipinski definition) is 4. The lowest BCUT2D eigenvalue weighted by atomic mass is 9.93. The van der Waals surface area contributed by atoms with E-state index in [2.05, 4.69) is 0 Å². The molecule has 2 atom stereocenters. The van der Waals surface area contributed by atoms with Crippen LogP contribution in [-0.2, 0) is 22.3 Å². The van der Waals surface area contributed by atoms with Crippen LogP contribution in [0.1, 0.15) is 29.0 Å². The average Bonchev–Trinajstić information content (AvgIpc) is 3.20. The largest absolute Gasteiger partial charge is 0.449 e. The third-order valence-corrected chi connectivity index (χ3v) is 6.57. The van der Waals surface area contributed by atoms with E-state index >= 15 is 0 Å². The van der Waals surface area contributed by atoms with Crippen LogP contribution in [0.25, 0.3) is 0 Å². The number of halogens is 6. The molecule has 2 amide bonds. The minimum atomic E-state index is -4.78. The molecule has 2 aromatic carbocycles. The lowest BCUT2D eigenvalue weighted by Crippen LogP contribution is -2.38. The van der Waals surface area contributed by atoms with E-state index in [0.717, 1.165) is 11.6 Å². The molecule has 35 heavy (non-hydrogen) atoms.